The van der Waals surface area contributed by atoms with Gasteiger partial charge in [0.25, 0.3) is 0 Å². The highest BCUT2D eigenvalue weighted by molar-refractivity contribution is 5.96. The van der Waals surface area contributed by atoms with Crippen LogP contribution in [0.2, 0.25) is 0 Å². The summed E-state index contributed by atoms with van der Waals surface area (Å²) in [6, 6.07) is -3.78. The average Bonchev–Trinajstić information content (AvgIpc) is 3.14. The topological polar surface area (TPSA) is 134 Å². The molecule has 220 valence electrons. The van der Waals surface area contributed by atoms with E-state index in [2.05, 4.69) is 10.6 Å². The van der Waals surface area contributed by atoms with Gasteiger partial charge in [-0.3, -0.25) is 19.2 Å². The van der Waals surface area contributed by atoms with Crippen LogP contribution in [0, 0.1) is 28.6 Å². The standard InChI is InChI=1S/C26H39F3N4O6/c1-12(2)39-22(37)15(10-13-8-9-30-19(13)34)31-20(35)17-16-14(25(16,6)7)11-33(17)21(36)18(24(3,4)5)32-23(38)26(27,28)29/h12-18H,8-11H2,1-7H3,(H,30,34)(H,31,35)(H,32,38)/t13-,14-,15-,16-,17-,18+/m0/s1. The summed E-state index contributed by atoms with van der Waals surface area (Å²) in [6.07, 6.45) is -5.17. The third kappa shape index (κ3) is 6.49. The van der Waals surface area contributed by atoms with Gasteiger partial charge in [-0.05, 0) is 49.4 Å². The number of ether oxygens (including phenoxy) is 1. The van der Waals surface area contributed by atoms with E-state index in [-0.39, 0.29) is 36.1 Å². The quantitative estimate of drug-likeness (QED) is 0.386. The Morgan fingerprint density at radius 2 is 1.74 bits per heavy atom. The number of rotatable bonds is 8. The van der Waals surface area contributed by atoms with Crippen LogP contribution in [0.1, 0.15) is 61.3 Å². The van der Waals surface area contributed by atoms with Crippen LogP contribution >= 0.6 is 0 Å². The van der Waals surface area contributed by atoms with Gasteiger partial charge in [-0.2, -0.15) is 13.2 Å². The van der Waals surface area contributed by atoms with E-state index in [0.29, 0.717) is 13.0 Å². The molecule has 0 aromatic rings. The molecule has 2 saturated heterocycles. The number of nitrogens with one attached hydrogen (secondary N) is 3. The molecule has 0 bridgehead atoms. The van der Waals surface area contributed by atoms with E-state index in [4.69, 9.17) is 4.74 Å². The highest BCUT2D eigenvalue weighted by atomic mass is 19.4. The van der Waals surface area contributed by atoms with Crippen molar-refractivity contribution in [3.05, 3.63) is 0 Å². The molecule has 0 unspecified atom stereocenters. The maximum atomic E-state index is 13.7. The number of nitrogens with zero attached hydrogens (tertiary/aromatic N) is 1. The Bertz CT molecular complexity index is 1020. The highest BCUT2D eigenvalue weighted by Crippen LogP contribution is 2.65. The maximum absolute atomic E-state index is 13.7. The van der Waals surface area contributed by atoms with Gasteiger partial charge in [0.2, 0.25) is 17.7 Å². The van der Waals surface area contributed by atoms with Gasteiger partial charge in [-0.1, -0.05) is 34.6 Å². The van der Waals surface area contributed by atoms with E-state index in [1.165, 1.54) is 25.7 Å². The molecule has 0 radical (unpaired) electrons. The van der Waals surface area contributed by atoms with Crippen molar-refractivity contribution >= 4 is 29.6 Å². The summed E-state index contributed by atoms with van der Waals surface area (Å²) in [7, 11) is 0. The first-order valence-corrected chi connectivity index (χ1v) is 13.2. The Morgan fingerprint density at radius 1 is 1.13 bits per heavy atom. The largest absolute Gasteiger partial charge is 0.471 e. The molecule has 10 nitrogen and oxygen atoms in total. The normalized spacial score (nSPS) is 27.4. The average molecular weight is 561 g/mol. The van der Waals surface area contributed by atoms with Crippen LogP contribution < -0.4 is 16.0 Å². The molecular weight excluding hydrogens is 521 g/mol. The Hall–Kier alpha value is -2.86. The van der Waals surface area contributed by atoms with Crippen molar-refractivity contribution in [3.8, 4) is 0 Å². The first-order valence-electron chi connectivity index (χ1n) is 13.2. The second-order valence-electron chi connectivity index (χ2n) is 12.7. The van der Waals surface area contributed by atoms with E-state index in [1.54, 1.807) is 13.8 Å². The van der Waals surface area contributed by atoms with Crippen molar-refractivity contribution in [1.29, 1.82) is 0 Å². The van der Waals surface area contributed by atoms with E-state index < -0.39 is 65.4 Å². The summed E-state index contributed by atoms with van der Waals surface area (Å²) < 4.78 is 44.4. The summed E-state index contributed by atoms with van der Waals surface area (Å²) >= 11 is 0. The molecule has 4 amide bonds. The van der Waals surface area contributed by atoms with Crippen molar-refractivity contribution in [2.24, 2.45) is 28.6 Å². The number of halogens is 3. The van der Waals surface area contributed by atoms with Crippen LogP contribution in [0.3, 0.4) is 0 Å². The van der Waals surface area contributed by atoms with Crippen LogP contribution in [-0.4, -0.2) is 78.0 Å². The molecule has 13 heteroatoms. The lowest BCUT2D eigenvalue weighted by Crippen LogP contribution is -2.61. The van der Waals surface area contributed by atoms with Gasteiger partial charge in [0, 0.05) is 19.0 Å². The number of esters is 1. The molecule has 1 saturated carbocycles. The molecule has 6 atom stereocenters. The van der Waals surface area contributed by atoms with Crippen molar-refractivity contribution < 1.29 is 41.9 Å². The molecule has 0 aromatic heterocycles. The lowest BCUT2D eigenvalue weighted by atomic mass is 9.85. The van der Waals surface area contributed by atoms with Crippen molar-refractivity contribution in [2.75, 3.05) is 13.1 Å². The summed E-state index contributed by atoms with van der Waals surface area (Å²) in [5.74, 6) is -5.54. The minimum atomic E-state index is -5.19. The van der Waals surface area contributed by atoms with Crippen molar-refractivity contribution in [2.45, 2.75) is 91.7 Å². The number of fused-ring (bicyclic) bond motifs is 1. The fraction of sp³-hybridized carbons (Fsp3) is 0.808. The second kappa shape index (κ2) is 10.6. The predicted octanol–water partition coefficient (Wildman–Crippen LogP) is 1.53. The number of hydrogen-bond donors (Lipinski definition) is 3. The van der Waals surface area contributed by atoms with Gasteiger partial charge < -0.3 is 25.6 Å². The van der Waals surface area contributed by atoms with Crippen LogP contribution in [0.25, 0.3) is 0 Å². The molecule has 2 heterocycles. The predicted molar refractivity (Wildman–Crippen MR) is 133 cm³/mol. The summed E-state index contributed by atoms with van der Waals surface area (Å²) in [5, 5.41) is 7.18. The number of carbonyl (C=O) groups is 5. The molecule has 39 heavy (non-hydrogen) atoms. The van der Waals surface area contributed by atoms with Gasteiger partial charge >= 0.3 is 18.1 Å². The Kier molecular flexibility index (Phi) is 8.34. The fourth-order valence-corrected chi connectivity index (χ4v) is 5.78. The number of likely N-dealkylation sites (tertiary alicyclic amines) is 1. The minimum Gasteiger partial charge on any atom is -0.461 e. The third-order valence-electron chi connectivity index (χ3n) is 8.04. The van der Waals surface area contributed by atoms with Crippen molar-refractivity contribution in [1.82, 2.24) is 20.9 Å². The van der Waals surface area contributed by atoms with Gasteiger partial charge in [0.05, 0.1) is 6.10 Å². The molecule has 3 aliphatic rings. The summed E-state index contributed by atoms with van der Waals surface area (Å²) in [6.45, 7) is 12.3. The maximum Gasteiger partial charge on any atom is 0.471 e. The van der Waals surface area contributed by atoms with E-state index in [0.717, 1.165) is 0 Å². The molecule has 3 rings (SSSR count). The van der Waals surface area contributed by atoms with Crippen LogP contribution in [-0.2, 0) is 28.7 Å². The Labute approximate surface area is 226 Å². The SMILES string of the molecule is CC(C)OC(=O)[C@H](C[C@@H]1CCNC1=O)NC(=O)[C@@H]1[C@@H]2[C@H](CN1C(=O)[C@@H](NC(=O)C(F)(F)F)C(C)(C)C)C2(C)C. The van der Waals surface area contributed by atoms with Crippen molar-refractivity contribution in [3.63, 3.8) is 0 Å². The first kappa shape index (κ1) is 30.7. The van der Waals surface area contributed by atoms with E-state index in [1.807, 2.05) is 19.2 Å². The number of amides is 4. The number of alkyl halides is 3. The molecule has 1 aliphatic carbocycles. The molecule has 0 spiro atoms. The zero-order valence-electron chi connectivity index (χ0n) is 23.4. The fourth-order valence-electron chi connectivity index (χ4n) is 5.78. The third-order valence-corrected chi connectivity index (χ3v) is 8.04. The smallest absolute Gasteiger partial charge is 0.461 e. The van der Waals surface area contributed by atoms with Crippen LogP contribution in [0.15, 0.2) is 0 Å². The Morgan fingerprint density at radius 3 is 2.23 bits per heavy atom. The zero-order chi connectivity index (χ0) is 29.7. The molecular formula is C26H39F3N4O6. The zero-order valence-corrected chi connectivity index (χ0v) is 23.4. The van der Waals surface area contributed by atoms with E-state index >= 15 is 0 Å². The second-order valence-corrected chi connectivity index (χ2v) is 12.7. The molecule has 3 N–H and O–H groups in total. The van der Waals surface area contributed by atoms with Crippen LogP contribution in [0.4, 0.5) is 13.2 Å². The summed E-state index contributed by atoms with van der Waals surface area (Å²) in [5.41, 5.74) is -1.41. The van der Waals surface area contributed by atoms with Crippen LogP contribution in [0.5, 0.6) is 0 Å². The van der Waals surface area contributed by atoms with E-state index in [9.17, 15) is 37.1 Å². The molecule has 0 aromatic carbocycles. The molecule has 2 aliphatic heterocycles. The van der Waals surface area contributed by atoms with Gasteiger partial charge in [0.15, 0.2) is 0 Å². The lowest BCUT2D eigenvalue weighted by Gasteiger charge is -2.38. The minimum absolute atomic E-state index is 0.00748. The first-order chi connectivity index (χ1) is 17.8. The lowest BCUT2D eigenvalue weighted by molar-refractivity contribution is -0.176. The number of hydrogen-bond acceptors (Lipinski definition) is 6. The Balaban J connectivity index is 1.87. The van der Waals surface area contributed by atoms with Gasteiger partial charge in [-0.25, -0.2) is 4.79 Å². The summed E-state index contributed by atoms with van der Waals surface area (Å²) in [4.78, 5) is 65.4. The monoisotopic (exact) mass is 560 g/mol. The number of carbonyl (C=O) groups excluding carboxylic acids is 5. The van der Waals surface area contributed by atoms with Gasteiger partial charge in [-0.15, -0.1) is 0 Å². The molecule has 3 fully saturated rings. The van der Waals surface area contributed by atoms with Gasteiger partial charge in [0.1, 0.15) is 18.1 Å². The number of piperidine rings is 1. The highest BCUT2D eigenvalue weighted by Gasteiger charge is 2.70.